The van der Waals surface area contributed by atoms with Gasteiger partial charge in [0.25, 0.3) is 0 Å². The number of unbranched alkanes of at least 4 members (excludes halogenated alkanes) is 5. The molecular formula is C34H44N4O3S. The predicted octanol–water partition coefficient (Wildman–Crippen LogP) is 8.86. The lowest BCUT2D eigenvalue weighted by atomic mass is 9.90. The standard InChI is InChI=1S/C34H44N4O3S/c1-7-9-10-11-12-13-16-30(27-17-20-32(37-24-27)38-42(39,40)34(4,5)6)31(23-35)29-19-18-28(22-25(29)3)41-33-26(8-2)15-14-21-36-33/h14-15,17-22,24H,7-13,16H2,1-6H3,(H,37,38)/b31-30+. The summed E-state index contributed by atoms with van der Waals surface area (Å²) in [6.45, 7) is 11.2. The van der Waals surface area contributed by atoms with E-state index in [1.165, 1.54) is 19.3 Å². The molecule has 1 N–H and O–H groups in total. The summed E-state index contributed by atoms with van der Waals surface area (Å²) in [6.07, 6.45) is 11.7. The lowest BCUT2D eigenvalue weighted by molar-refractivity contribution is 0.456. The lowest BCUT2D eigenvalue weighted by Crippen LogP contribution is -2.33. The minimum Gasteiger partial charge on any atom is -0.439 e. The Kier molecular flexibility index (Phi) is 11.7. The van der Waals surface area contributed by atoms with Gasteiger partial charge in [-0.15, -0.1) is 0 Å². The second kappa shape index (κ2) is 15.0. The molecule has 224 valence electrons. The molecule has 0 saturated heterocycles. The van der Waals surface area contributed by atoms with Crippen molar-refractivity contribution in [1.82, 2.24) is 9.97 Å². The maximum Gasteiger partial charge on any atom is 0.238 e. The summed E-state index contributed by atoms with van der Waals surface area (Å²) in [6, 6.07) is 15.6. The molecule has 0 unspecified atom stereocenters. The van der Waals surface area contributed by atoms with E-state index in [4.69, 9.17) is 4.74 Å². The molecule has 7 nitrogen and oxygen atoms in total. The van der Waals surface area contributed by atoms with E-state index in [-0.39, 0.29) is 5.82 Å². The average molecular weight is 589 g/mol. The van der Waals surface area contributed by atoms with E-state index in [0.29, 0.717) is 17.2 Å². The zero-order chi connectivity index (χ0) is 30.8. The lowest BCUT2D eigenvalue weighted by Gasteiger charge is -2.20. The van der Waals surface area contributed by atoms with Gasteiger partial charge in [0, 0.05) is 18.0 Å². The van der Waals surface area contributed by atoms with Crippen LogP contribution in [0.25, 0.3) is 11.1 Å². The monoisotopic (exact) mass is 588 g/mol. The molecule has 8 heteroatoms. The van der Waals surface area contributed by atoms with Gasteiger partial charge in [-0.1, -0.05) is 52.0 Å². The van der Waals surface area contributed by atoms with Crippen molar-refractivity contribution in [2.45, 2.75) is 97.7 Å². The number of benzene rings is 1. The molecule has 0 amide bonds. The molecule has 42 heavy (non-hydrogen) atoms. The summed E-state index contributed by atoms with van der Waals surface area (Å²) in [5.41, 5.74) is 5.07. The molecule has 0 aliphatic heterocycles. The first-order valence-electron chi connectivity index (χ1n) is 14.9. The van der Waals surface area contributed by atoms with E-state index >= 15 is 0 Å². The number of sulfonamides is 1. The van der Waals surface area contributed by atoms with Gasteiger partial charge in [-0.05, 0) is 106 Å². The van der Waals surface area contributed by atoms with Crippen LogP contribution in [0, 0.1) is 18.3 Å². The number of pyridine rings is 2. The number of ether oxygens (including phenoxy) is 1. The third-order valence-corrected chi connectivity index (χ3v) is 9.35. The van der Waals surface area contributed by atoms with Gasteiger partial charge in [-0.3, -0.25) is 4.72 Å². The van der Waals surface area contributed by atoms with Crippen LogP contribution in [0.15, 0.2) is 54.9 Å². The Hall–Kier alpha value is -3.70. The summed E-state index contributed by atoms with van der Waals surface area (Å²) in [7, 11) is -3.60. The maximum atomic E-state index is 12.6. The summed E-state index contributed by atoms with van der Waals surface area (Å²) >= 11 is 0. The third kappa shape index (κ3) is 8.65. The Bertz CT molecular complexity index is 1520. The van der Waals surface area contributed by atoms with Crippen molar-refractivity contribution >= 4 is 27.0 Å². The van der Waals surface area contributed by atoms with E-state index in [0.717, 1.165) is 59.9 Å². The number of aromatic nitrogens is 2. The zero-order valence-electron chi connectivity index (χ0n) is 25.8. The Morgan fingerprint density at radius 3 is 2.36 bits per heavy atom. The van der Waals surface area contributed by atoms with Gasteiger partial charge >= 0.3 is 0 Å². The molecule has 2 heterocycles. The van der Waals surface area contributed by atoms with Crippen molar-refractivity contribution < 1.29 is 13.2 Å². The van der Waals surface area contributed by atoms with Crippen molar-refractivity contribution in [1.29, 1.82) is 5.26 Å². The van der Waals surface area contributed by atoms with Gasteiger partial charge in [-0.2, -0.15) is 5.26 Å². The van der Waals surface area contributed by atoms with Crippen molar-refractivity contribution in [2.75, 3.05) is 4.72 Å². The van der Waals surface area contributed by atoms with Crippen LogP contribution in [0.2, 0.25) is 0 Å². The number of hydrogen-bond acceptors (Lipinski definition) is 6. The zero-order valence-corrected chi connectivity index (χ0v) is 26.6. The fraction of sp³-hybridized carbons (Fsp3) is 0.441. The van der Waals surface area contributed by atoms with Gasteiger partial charge < -0.3 is 4.74 Å². The Morgan fingerprint density at radius 1 is 1.00 bits per heavy atom. The average Bonchev–Trinajstić information content (AvgIpc) is 2.95. The Labute approximate surface area is 252 Å². The van der Waals surface area contributed by atoms with Crippen LogP contribution >= 0.6 is 0 Å². The maximum absolute atomic E-state index is 12.6. The van der Waals surface area contributed by atoms with Gasteiger partial charge in [0.15, 0.2) is 0 Å². The van der Waals surface area contributed by atoms with Crippen LogP contribution in [0.4, 0.5) is 5.82 Å². The van der Waals surface area contributed by atoms with Crippen LogP contribution in [-0.4, -0.2) is 23.1 Å². The Balaban J connectivity index is 1.96. The summed E-state index contributed by atoms with van der Waals surface area (Å²) in [5.74, 6) is 1.50. The molecule has 0 aliphatic rings. The molecule has 3 aromatic rings. The number of anilines is 1. The van der Waals surface area contributed by atoms with Crippen LogP contribution in [0.1, 0.15) is 102 Å². The molecule has 0 fully saturated rings. The second-order valence-corrected chi connectivity index (χ2v) is 14.0. The fourth-order valence-corrected chi connectivity index (χ4v) is 5.29. The highest BCUT2D eigenvalue weighted by Crippen LogP contribution is 2.34. The van der Waals surface area contributed by atoms with Crippen molar-refractivity contribution in [3.05, 3.63) is 77.1 Å². The van der Waals surface area contributed by atoms with Crippen molar-refractivity contribution in [3.8, 4) is 17.7 Å². The number of nitrogens with zero attached hydrogens (tertiary/aromatic N) is 3. The van der Waals surface area contributed by atoms with E-state index in [1.54, 1.807) is 39.2 Å². The first-order valence-corrected chi connectivity index (χ1v) is 16.3. The minimum atomic E-state index is -3.60. The smallest absolute Gasteiger partial charge is 0.238 e. The van der Waals surface area contributed by atoms with Crippen LogP contribution < -0.4 is 9.46 Å². The molecule has 0 aliphatic carbocycles. The molecule has 1 aromatic carbocycles. The van der Waals surface area contributed by atoms with Crippen LogP contribution in [0.3, 0.4) is 0 Å². The highest BCUT2D eigenvalue weighted by atomic mass is 32.2. The first-order chi connectivity index (χ1) is 20.0. The number of allylic oxidation sites excluding steroid dienone is 2. The molecule has 0 bridgehead atoms. The van der Waals surface area contributed by atoms with Gasteiger partial charge in [0.1, 0.15) is 17.6 Å². The van der Waals surface area contributed by atoms with Crippen molar-refractivity contribution in [2.24, 2.45) is 0 Å². The largest absolute Gasteiger partial charge is 0.439 e. The Morgan fingerprint density at radius 2 is 1.74 bits per heavy atom. The quantitative estimate of drug-likeness (QED) is 0.149. The molecule has 0 radical (unpaired) electrons. The number of rotatable bonds is 14. The van der Waals surface area contributed by atoms with Crippen molar-refractivity contribution in [3.63, 3.8) is 0 Å². The predicted molar refractivity (Wildman–Crippen MR) is 172 cm³/mol. The number of nitrogens with one attached hydrogen (secondary N) is 1. The van der Waals surface area contributed by atoms with Gasteiger partial charge in [0.2, 0.25) is 15.9 Å². The normalized spacial score (nSPS) is 12.4. The van der Waals surface area contributed by atoms with E-state index in [1.807, 2.05) is 43.3 Å². The van der Waals surface area contributed by atoms with Crippen LogP contribution in [-0.2, 0) is 16.4 Å². The topological polar surface area (TPSA) is 105 Å². The SMILES string of the molecule is CCCCCCCC/C(=C(/C#N)c1ccc(Oc2ncccc2CC)cc1C)c1ccc(NS(=O)(=O)C(C)(C)C)nc1. The van der Waals surface area contributed by atoms with E-state index in [9.17, 15) is 13.7 Å². The highest BCUT2D eigenvalue weighted by molar-refractivity contribution is 7.94. The number of aryl methyl sites for hydroxylation is 2. The molecule has 2 aromatic heterocycles. The summed E-state index contributed by atoms with van der Waals surface area (Å²) in [5, 5.41) is 10.4. The molecular weight excluding hydrogens is 544 g/mol. The van der Waals surface area contributed by atoms with Gasteiger partial charge in [-0.25, -0.2) is 18.4 Å². The van der Waals surface area contributed by atoms with Crippen LogP contribution in [0.5, 0.6) is 11.6 Å². The number of hydrogen-bond donors (Lipinski definition) is 1. The fourth-order valence-electron chi connectivity index (χ4n) is 4.59. The number of nitriles is 1. The minimum absolute atomic E-state index is 0.254. The third-order valence-electron chi connectivity index (χ3n) is 7.26. The molecule has 3 rings (SSSR count). The first kappa shape index (κ1) is 32.8. The molecule has 0 atom stereocenters. The highest BCUT2D eigenvalue weighted by Gasteiger charge is 2.29. The summed E-state index contributed by atoms with van der Waals surface area (Å²) < 4.78 is 33.0. The summed E-state index contributed by atoms with van der Waals surface area (Å²) in [4.78, 5) is 8.80. The van der Waals surface area contributed by atoms with E-state index < -0.39 is 14.8 Å². The van der Waals surface area contributed by atoms with Gasteiger partial charge in [0.05, 0.1) is 10.3 Å². The molecule has 0 spiro atoms. The van der Waals surface area contributed by atoms with E-state index in [2.05, 4.69) is 34.6 Å². The second-order valence-electron chi connectivity index (χ2n) is 11.5. The molecule has 0 saturated carbocycles.